The molecule has 0 saturated carbocycles. The lowest BCUT2D eigenvalue weighted by atomic mass is 10.0. The molecule has 1 aliphatic heterocycles. The molecule has 0 amide bonds. The van der Waals surface area contributed by atoms with E-state index >= 15 is 0 Å². The van der Waals surface area contributed by atoms with Crippen molar-refractivity contribution in [1.82, 2.24) is 4.90 Å². The number of nitrogens with zero attached hydrogens (tertiary/aromatic N) is 1. The Balaban J connectivity index is 1.86. The van der Waals surface area contributed by atoms with Gasteiger partial charge in [-0.15, -0.1) is 0 Å². The van der Waals surface area contributed by atoms with Crippen LogP contribution >= 0.6 is 0 Å². The average Bonchev–Trinajstić information content (AvgIpc) is 2.98. The number of benzene rings is 2. The van der Waals surface area contributed by atoms with Crippen LogP contribution in [-0.2, 0) is 17.8 Å². The van der Waals surface area contributed by atoms with Crippen molar-refractivity contribution in [2.45, 2.75) is 19.3 Å². The van der Waals surface area contributed by atoms with Crippen molar-refractivity contribution < 1.29 is 14.6 Å². The van der Waals surface area contributed by atoms with Crippen LogP contribution in [0.1, 0.15) is 33.3 Å². The second-order valence-electron chi connectivity index (χ2n) is 5.12. The summed E-state index contributed by atoms with van der Waals surface area (Å²) in [6, 6.07) is 15.1. The first-order valence-corrected chi connectivity index (χ1v) is 6.87. The quantitative estimate of drug-likeness (QED) is 0.879. The van der Waals surface area contributed by atoms with E-state index in [0.717, 1.165) is 16.7 Å². The average molecular weight is 283 g/mol. The summed E-state index contributed by atoms with van der Waals surface area (Å²) in [5, 5.41) is 10.5. The second-order valence-corrected chi connectivity index (χ2v) is 5.12. The number of carbonyl (C=O) groups is 1. The van der Waals surface area contributed by atoms with Crippen molar-refractivity contribution in [3.05, 3.63) is 70.8 Å². The molecule has 0 saturated heterocycles. The molecule has 0 spiro atoms. The van der Waals surface area contributed by atoms with Crippen LogP contribution in [0.2, 0.25) is 0 Å². The van der Waals surface area contributed by atoms with E-state index in [-0.39, 0.29) is 5.97 Å². The molecule has 2 aromatic carbocycles. The molecule has 1 unspecified atom stereocenters. The number of aliphatic hydroxyl groups is 1. The van der Waals surface area contributed by atoms with Crippen LogP contribution in [-0.4, -0.2) is 23.1 Å². The van der Waals surface area contributed by atoms with Gasteiger partial charge >= 0.3 is 5.97 Å². The summed E-state index contributed by atoms with van der Waals surface area (Å²) in [4.78, 5) is 13.8. The molecule has 0 fully saturated rings. The van der Waals surface area contributed by atoms with Gasteiger partial charge in [-0.1, -0.05) is 42.5 Å². The maximum absolute atomic E-state index is 11.8. The van der Waals surface area contributed by atoms with Crippen molar-refractivity contribution in [2.75, 3.05) is 7.11 Å². The summed E-state index contributed by atoms with van der Waals surface area (Å²) in [6.45, 7) is 1.16. The van der Waals surface area contributed by atoms with E-state index in [1.165, 1.54) is 7.11 Å². The zero-order valence-electron chi connectivity index (χ0n) is 11.8. The number of fused-ring (bicyclic) bond motifs is 1. The van der Waals surface area contributed by atoms with Crippen LogP contribution in [0.5, 0.6) is 0 Å². The molecular formula is C17H17NO3. The molecule has 2 aromatic rings. The van der Waals surface area contributed by atoms with E-state index in [9.17, 15) is 9.90 Å². The molecule has 0 aromatic heterocycles. The highest BCUT2D eigenvalue weighted by Gasteiger charge is 2.28. The van der Waals surface area contributed by atoms with Gasteiger partial charge in [-0.3, -0.25) is 4.90 Å². The van der Waals surface area contributed by atoms with Crippen LogP contribution in [0, 0.1) is 0 Å². The molecule has 3 rings (SSSR count). The predicted octanol–water partition coefficient (Wildman–Crippen LogP) is 2.48. The zero-order chi connectivity index (χ0) is 14.8. The van der Waals surface area contributed by atoms with E-state index in [4.69, 9.17) is 4.74 Å². The maximum Gasteiger partial charge on any atom is 0.338 e. The third-order valence-electron chi connectivity index (χ3n) is 3.86. The number of carbonyl (C=O) groups excluding carboxylic acids is 1. The maximum atomic E-state index is 11.8. The van der Waals surface area contributed by atoms with E-state index in [0.29, 0.717) is 18.7 Å². The first kappa shape index (κ1) is 13.8. The monoisotopic (exact) mass is 283 g/mol. The Morgan fingerprint density at radius 1 is 1.14 bits per heavy atom. The van der Waals surface area contributed by atoms with Crippen molar-refractivity contribution in [3.63, 3.8) is 0 Å². The minimum Gasteiger partial charge on any atom is -0.465 e. The lowest BCUT2D eigenvalue weighted by Crippen LogP contribution is -2.23. The van der Waals surface area contributed by atoms with Crippen LogP contribution < -0.4 is 0 Å². The van der Waals surface area contributed by atoms with Crippen LogP contribution in [0.4, 0.5) is 0 Å². The fourth-order valence-electron chi connectivity index (χ4n) is 2.76. The molecule has 1 atom stereocenters. The number of methoxy groups -OCH3 is 1. The lowest BCUT2D eigenvalue weighted by Gasteiger charge is -2.22. The SMILES string of the molecule is COC(=O)c1cccc2c1CN(C(O)c1ccccc1)C2. The summed E-state index contributed by atoms with van der Waals surface area (Å²) in [5.41, 5.74) is 3.44. The Morgan fingerprint density at radius 2 is 1.90 bits per heavy atom. The normalized spacial score (nSPS) is 15.5. The summed E-state index contributed by atoms with van der Waals surface area (Å²) in [6.07, 6.45) is -0.677. The summed E-state index contributed by atoms with van der Waals surface area (Å²) >= 11 is 0. The molecule has 108 valence electrons. The topological polar surface area (TPSA) is 49.8 Å². The summed E-state index contributed by atoms with van der Waals surface area (Å²) < 4.78 is 4.82. The number of esters is 1. The van der Waals surface area contributed by atoms with Crippen LogP contribution in [0.25, 0.3) is 0 Å². The van der Waals surface area contributed by atoms with E-state index in [1.54, 1.807) is 6.07 Å². The third kappa shape index (κ3) is 2.55. The predicted molar refractivity (Wildman–Crippen MR) is 78.4 cm³/mol. The number of aliphatic hydroxyl groups excluding tert-OH is 1. The Kier molecular flexibility index (Phi) is 3.73. The second kappa shape index (κ2) is 5.68. The van der Waals surface area contributed by atoms with Crippen molar-refractivity contribution in [1.29, 1.82) is 0 Å². The van der Waals surface area contributed by atoms with Crippen molar-refractivity contribution in [2.24, 2.45) is 0 Å². The van der Waals surface area contributed by atoms with Gasteiger partial charge in [-0.25, -0.2) is 4.79 Å². The first-order chi connectivity index (χ1) is 10.2. The van der Waals surface area contributed by atoms with Crippen molar-refractivity contribution >= 4 is 5.97 Å². The molecular weight excluding hydrogens is 266 g/mol. The molecule has 1 heterocycles. The highest BCUT2D eigenvalue weighted by Crippen LogP contribution is 2.31. The van der Waals surface area contributed by atoms with Gasteiger partial charge in [-0.2, -0.15) is 0 Å². The number of rotatable bonds is 3. The van der Waals surface area contributed by atoms with Crippen LogP contribution in [0.3, 0.4) is 0 Å². The Morgan fingerprint density at radius 3 is 2.62 bits per heavy atom. The summed E-state index contributed by atoms with van der Waals surface area (Å²) in [5.74, 6) is -0.331. The van der Waals surface area contributed by atoms with Gasteiger partial charge in [0, 0.05) is 13.1 Å². The Bertz CT molecular complexity index is 654. The van der Waals surface area contributed by atoms with Gasteiger partial charge in [-0.05, 0) is 22.8 Å². The van der Waals surface area contributed by atoms with E-state index in [2.05, 4.69) is 0 Å². The van der Waals surface area contributed by atoms with E-state index < -0.39 is 6.23 Å². The molecule has 1 N–H and O–H groups in total. The minimum atomic E-state index is -0.677. The van der Waals surface area contributed by atoms with Gasteiger partial charge in [0.1, 0.15) is 6.23 Å². The van der Waals surface area contributed by atoms with E-state index in [1.807, 2.05) is 47.4 Å². The van der Waals surface area contributed by atoms with Gasteiger partial charge in [0.2, 0.25) is 0 Å². The largest absolute Gasteiger partial charge is 0.465 e. The molecule has 21 heavy (non-hydrogen) atoms. The smallest absolute Gasteiger partial charge is 0.338 e. The molecule has 1 aliphatic rings. The molecule has 4 nitrogen and oxygen atoms in total. The fourth-order valence-corrected chi connectivity index (χ4v) is 2.76. The van der Waals surface area contributed by atoms with Gasteiger partial charge in [0.05, 0.1) is 12.7 Å². The highest BCUT2D eigenvalue weighted by molar-refractivity contribution is 5.91. The Labute approximate surface area is 123 Å². The zero-order valence-corrected chi connectivity index (χ0v) is 11.8. The van der Waals surface area contributed by atoms with Gasteiger partial charge in [0.15, 0.2) is 0 Å². The van der Waals surface area contributed by atoms with Crippen LogP contribution in [0.15, 0.2) is 48.5 Å². The summed E-state index contributed by atoms with van der Waals surface area (Å²) in [7, 11) is 1.38. The van der Waals surface area contributed by atoms with Gasteiger partial charge in [0.25, 0.3) is 0 Å². The highest BCUT2D eigenvalue weighted by atomic mass is 16.5. The van der Waals surface area contributed by atoms with Gasteiger partial charge < -0.3 is 9.84 Å². The molecule has 0 bridgehead atoms. The fraction of sp³-hybridized carbons (Fsp3) is 0.235. The Hall–Kier alpha value is -2.17. The minimum absolute atomic E-state index is 0.331. The number of ether oxygens (including phenoxy) is 1. The standard InChI is InChI=1S/C17H17NO3/c1-21-17(20)14-9-5-8-13-10-18(11-15(13)14)16(19)12-6-3-2-4-7-12/h2-9,16,19H,10-11H2,1H3. The number of hydrogen-bond acceptors (Lipinski definition) is 4. The third-order valence-corrected chi connectivity index (χ3v) is 3.86. The lowest BCUT2D eigenvalue weighted by molar-refractivity contribution is -0.00190. The first-order valence-electron chi connectivity index (χ1n) is 6.87. The molecule has 0 aliphatic carbocycles. The van der Waals surface area contributed by atoms with Crippen molar-refractivity contribution in [3.8, 4) is 0 Å². The number of hydrogen-bond donors (Lipinski definition) is 1. The molecule has 4 heteroatoms. The molecule has 0 radical (unpaired) electrons.